The molecule has 1 saturated heterocycles. The Labute approximate surface area is 122 Å². The smallest absolute Gasteiger partial charge is 0.254 e. The van der Waals surface area contributed by atoms with Crippen LogP contribution >= 0.6 is 0 Å². The largest absolute Gasteiger partial charge is 0.454 e. The van der Waals surface area contributed by atoms with Crippen LogP contribution in [-0.2, 0) is 4.79 Å². The number of carbonyl (C=O) groups excluding carboxylic acids is 2. The molecule has 0 aromatic heterocycles. The topological polar surface area (TPSA) is 85.1 Å². The maximum absolute atomic E-state index is 12.4. The van der Waals surface area contributed by atoms with Gasteiger partial charge in [-0.25, -0.2) is 0 Å². The van der Waals surface area contributed by atoms with Crippen molar-refractivity contribution in [3.63, 3.8) is 0 Å². The van der Waals surface area contributed by atoms with Crippen LogP contribution in [0.25, 0.3) is 0 Å². The summed E-state index contributed by atoms with van der Waals surface area (Å²) in [4.78, 5) is 27.4. The van der Waals surface area contributed by atoms with Crippen molar-refractivity contribution in [2.45, 2.75) is 0 Å². The lowest BCUT2D eigenvalue weighted by molar-refractivity contribution is -0.131. The third kappa shape index (κ3) is 2.64. The van der Waals surface area contributed by atoms with E-state index in [0.29, 0.717) is 43.2 Å². The molecule has 1 fully saturated rings. The average molecular weight is 291 g/mol. The Morgan fingerprint density at radius 3 is 2.43 bits per heavy atom. The van der Waals surface area contributed by atoms with E-state index in [1.165, 1.54) is 0 Å². The Hall–Kier alpha value is -2.28. The van der Waals surface area contributed by atoms with Crippen LogP contribution in [0, 0.1) is 0 Å². The van der Waals surface area contributed by atoms with Crippen LogP contribution in [-0.4, -0.2) is 61.1 Å². The number of carbonyl (C=O) groups is 2. The van der Waals surface area contributed by atoms with Crippen molar-refractivity contribution in [1.82, 2.24) is 9.80 Å². The second-order valence-corrected chi connectivity index (χ2v) is 4.95. The van der Waals surface area contributed by atoms with Crippen LogP contribution in [0.15, 0.2) is 18.2 Å². The maximum atomic E-state index is 12.4. The highest BCUT2D eigenvalue weighted by atomic mass is 16.7. The van der Waals surface area contributed by atoms with Crippen LogP contribution in [0.5, 0.6) is 11.5 Å². The van der Waals surface area contributed by atoms with Gasteiger partial charge < -0.3 is 25.0 Å². The molecule has 0 spiro atoms. The molecule has 1 aromatic carbocycles. The Morgan fingerprint density at radius 1 is 1.05 bits per heavy atom. The summed E-state index contributed by atoms with van der Waals surface area (Å²) in [7, 11) is 0. The second-order valence-electron chi connectivity index (χ2n) is 4.95. The molecule has 3 rings (SSSR count). The van der Waals surface area contributed by atoms with E-state index in [1.54, 1.807) is 28.0 Å². The highest BCUT2D eigenvalue weighted by Crippen LogP contribution is 2.32. The van der Waals surface area contributed by atoms with E-state index in [9.17, 15) is 9.59 Å². The van der Waals surface area contributed by atoms with Crippen LogP contribution < -0.4 is 15.2 Å². The molecule has 2 amide bonds. The highest BCUT2D eigenvalue weighted by molar-refractivity contribution is 5.95. The van der Waals surface area contributed by atoms with Gasteiger partial charge in [0.15, 0.2) is 11.5 Å². The summed E-state index contributed by atoms with van der Waals surface area (Å²) in [6.45, 7) is 2.26. The van der Waals surface area contributed by atoms with E-state index >= 15 is 0 Å². The van der Waals surface area contributed by atoms with Crippen molar-refractivity contribution in [1.29, 1.82) is 0 Å². The van der Waals surface area contributed by atoms with E-state index in [-0.39, 0.29) is 25.2 Å². The number of fused-ring (bicyclic) bond motifs is 1. The van der Waals surface area contributed by atoms with Crippen molar-refractivity contribution >= 4 is 11.8 Å². The minimum Gasteiger partial charge on any atom is -0.454 e. The minimum atomic E-state index is -0.0785. The number of nitrogens with two attached hydrogens (primary N) is 1. The quantitative estimate of drug-likeness (QED) is 0.805. The number of ether oxygens (including phenoxy) is 2. The number of hydrogen-bond donors (Lipinski definition) is 1. The Kier molecular flexibility index (Phi) is 3.66. The molecule has 2 aliphatic heterocycles. The van der Waals surface area contributed by atoms with Gasteiger partial charge in [0.25, 0.3) is 5.91 Å². The summed E-state index contributed by atoms with van der Waals surface area (Å²) in [6.07, 6.45) is 0. The third-order valence-electron chi connectivity index (χ3n) is 3.71. The zero-order chi connectivity index (χ0) is 14.8. The molecule has 21 heavy (non-hydrogen) atoms. The van der Waals surface area contributed by atoms with E-state index in [2.05, 4.69) is 0 Å². The molecule has 0 saturated carbocycles. The molecule has 0 bridgehead atoms. The first-order valence-corrected chi connectivity index (χ1v) is 6.86. The molecule has 1 aromatic rings. The number of rotatable bonds is 2. The molecule has 0 unspecified atom stereocenters. The number of piperazine rings is 1. The number of amides is 2. The first-order valence-electron chi connectivity index (χ1n) is 6.86. The van der Waals surface area contributed by atoms with Gasteiger partial charge >= 0.3 is 0 Å². The first kappa shape index (κ1) is 13.7. The normalized spacial score (nSPS) is 17.0. The zero-order valence-corrected chi connectivity index (χ0v) is 11.6. The SMILES string of the molecule is NCC(=O)N1CCN(C(=O)c2ccc3c(c2)OCO3)CC1. The molecule has 0 atom stereocenters. The molecule has 7 nitrogen and oxygen atoms in total. The van der Waals surface area contributed by atoms with Crippen molar-refractivity contribution in [2.24, 2.45) is 5.73 Å². The van der Waals surface area contributed by atoms with E-state index < -0.39 is 0 Å². The van der Waals surface area contributed by atoms with Gasteiger partial charge in [-0.2, -0.15) is 0 Å². The summed E-state index contributed by atoms with van der Waals surface area (Å²) in [5.41, 5.74) is 5.91. The second kappa shape index (κ2) is 5.61. The van der Waals surface area contributed by atoms with Gasteiger partial charge in [-0.3, -0.25) is 9.59 Å². The van der Waals surface area contributed by atoms with Gasteiger partial charge in [0.05, 0.1) is 6.54 Å². The maximum Gasteiger partial charge on any atom is 0.254 e. The standard InChI is InChI=1S/C14H17N3O4/c15-8-13(18)16-3-5-17(6-4-16)14(19)10-1-2-11-12(7-10)21-9-20-11/h1-2,7H,3-6,8-9,15H2. The van der Waals surface area contributed by atoms with Gasteiger partial charge in [-0.1, -0.05) is 0 Å². The van der Waals surface area contributed by atoms with E-state index in [0.717, 1.165) is 0 Å². The van der Waals surface area contributed by atoms with Crippen LogP contribution in [0.4, 0.5) is 0 Å². The summed E-state index contributed by atoms with van der Waals surface area (Å²) in [5, 5.41) is 0. The van der Waals surface area contributed by atoms with Crippen LogP contribution in [0.3, 0.4) is 0 Å². The summed E-state index contributed by atoms with van der Waals surface area (Å²) in [6, 6.07) is 5.17. The lowest BCUT2D eigenvalue weighted by Crippen LogP contribution is -2.51. The van der Waals surface area contributed by atoms with Gasteiger partial charge in [0.2, 0.25) is 12.7 Å². The van der Waals surface area contributed by atoms with Gasteiger partial charge in [0.1, 0.15) is 0 Å². The molecule has 2 heterocycles. The predicted octanol–water partition coefficient (Wildman–Crippen LogP) is -0.342. The Balaban J connectivity index is 1.65. The van der Waals surface area contributed by atoms with Crippen LogP contribution in [0.2, 0.25) is 0 Å². The van der Waals surface area contributed by atoms with Gasteiger partial charge in [0, 0.05) is 31.7 Å². The number of hydrogen-bond acceptors (Lipinski definition) is 5. The molecule has 7 heteroatoms. The lowest BCUT2D eigenvalue weighted by Gasteiger charge is -2.34. The van der Waals surface area contributed by atoms with Crippen molar-refractivity contribution in [3.8, 4) is 11.5 Å². The molecular formula is C14H17N3O4. The monoisotopic (exact) mass is 291 g/mol. The molecule has 2 N–H and O–H groups in total. The molecule has 0 radical (unpaired) electrons. The lowest BCUT2D eigenvalue weighted by atomic mass is 10.1. The fourth-order valence-electron chi connectivity index (χ4n) is 2.50. The Morgan fingerprint density at radius 2 is 1.71 bits per heavy atom. The highest BCUT2D eigenvalue weighted by Gasteiger charge is 2.25. The van der Waals surface area contributed by atoms with Gasteiger partial charge in [-0.15, -0.1) is 0 Å². The first-order chi connectivity index (χ1) is 10.2. The van der Waals surface area contributed by atoms with E-state index in [4.69, 9.17) is 15.2 Å². The molecular weight excluding hydrogens is 274 g/mol. The summed E-state index contributed by atoms with van der Waals surface area (Å²) >= 11 is 0. The minimum absolute atomic E-state index is 0.0100. The van der Waals surface area contributed by atoms with Crippen LogP contribution in [0.1, 0.15) is 10.4 Å². The van der Waals surface area contributed by atoms with Crippen molar-refractivity contribution in [3.05, 3.63) is 23.8 Å². The average Bonchev–Trinajstić information content (AvgIpc) is 3.01. The van der Waals surface area contributed by atoms with Crippen molar-refractivity contribution < 1.29 is 19.1 Å². The summed E-state index contributed by atoms with van der Waals surface area (Å²) < 4.78 is 10.5. The molecule has 2 aliphatic rings. The summed E-state index contributed by atoms with van der Waals surface area (Å²) in [5.74, 6) is 1.11. The number of benzene rings is 1. The zero-order valence-electron chi connectivity index (χ0n) is 11.6. The Bertz CT molecular complexity index is 567. The molecule has 112 valence electrons. The fourth-order valence-corrected chi connectivity index (χ4v) is 2.50. The third-order valence-corrected chi connectivity index (χ3v) is 3.71. The van der Waals surface area contributed by atoms with E-state index in [1.807, 2.05) is 0 Å². The molecule has 0 aliphatic carbocycles. The van der Waals surface area contributed by atoms with Gasteiger partial charge in [-0.05, 0) is 18.2 Å². The van der Waals surface area contributed by atoms with Crippen molar-refractivity contribution in [2.75, 3.05) is 39.5 Å². The predicted molar refractivity (Wildman–Crippen MR) is 74.1 cm³/mol. The number of nitrogens with zero attached hydrogens (tertiary/aromatic N) is 2. The fraction of sp³-hybridized carbons (Fsp3) is 0.429.